The minimum absolute atomic E-state index is 0.218. The number of esters is 1. The van der Waals surface area contributed by atoms with Crippen LogP contribution in [0.3, 0.4) is 0 Å². The van der Waals surface area contributed by atoms with Crippen LogP contribution in [-0.2, 0) is 19.3 Å². The third-order valence-electron chi connectivity index (χ3n) is 2.31. The second-order valence-corrected chi connectivity index (χ2v) is 4.00. The Morgan fingerprint density at radius 3 is 2.10 bits per heavy atom. The first kappa shape index (κ1) is 17.5. The molecule has 21 heavy (non-hydrogen) atoms. The Kier molecular flexibility index (Phi) is 5.40. The summed E-state index contributed by atoms with van der Waals surface area (Å²) in [6.07, 6.45) is -14.0. The Labute approximate surface area is 114 Å². The molecule has 0 radical (unpaired) electrons. The van der Waals surface area contributed by atoms with E-state index in [9.17, 15) is 31.1 Å². The molecule has 1 heterocycles. The molecule has 1 saturated heterocycles. The fourth-order valence-corrected chi connectivity index (χ4v) is 1.36. The second kappa shape index (κ2) is 6.48. The van der Waals surface area contributed by atoms with Crippen molar-refractivity contribution in [2.45, 2.75) is 37.1 Å². The fraction of sp³-hybridized carbons (Fsp3) is 0.545. The Morgan fingerprint density at radius 2 is 1.67 bits per heavy atom. The smallest absolute Gasteiger partial charge is 0.434 e. The monoisotopic (exact) mass is 320 g/mol. The lowest BCUT2D eigenvalue weighted by molar-refractivity contribution is -0.312. The van der Waals surface area contributed by atoms with Gasteiger partial charge in [-0.1, -0.05) is 6.08 Å². The molecule has 0 aromatic carbocycles. The minimum atomic E-state index is -5.75. The summed E-state index contributed by atoms with van der Waals surface area (Å²) in [4.78, 5) is 20.3. The van der Waals surface area contributed by atoms with Crippen LogP contribution in [0.2, 0.25) is 0 Å². The predicted octanol–water partition coefficient (Wildman–Crippen LogP) is 2.85. The maximum atomic E-state index is 12.1. The predicted molar refractivity (Wildman–Crippen MR) is 55.7 cm³/mol. The van der Waals surface area contributed by atoms with Gasteiger partial charge in [0, 0.05) is 12.5 Å². The standard InChI is InChI=1S/C11H10F6O4/c1-2-6-5-7(21-20-6)3-4-8(18)19-9(10(12,13)14)11(15,16)17/h2-4,6-7,9H,1,5H2/b4-3+/t6-,7+/m1/s1. The first-order chi connectivity index (χ1) is 9.54. The molecular weight excluding hydrogens is 310 g/mol. The molecule has 0 aromatic heterocycles. The summed E-state index contributed by atoms with van der Waals surface area (Å²) in [6, 6.07) is 0. The average Bonchev–Trinajstić information content (AvgIpc) is 2.78. The van der Waals surface area contributed by atoms with Crippen molar-refractivity contribution in [3.05, 3.63) is 24.8 Å². The van der Waals surface area contributed by atoms with Gasteiger partial charge in [-0.05, 0) is 6.08 Å². The zero-order valence-corrected chi connectivity index (χ0v) is 10.3. The lowest BCUT2D eigenvalue weighted by Gasteiger charge is -2.22. The molecule has 10 heteroatoms. The summed E-state index contributed by atoms with van der Waals surface area (Å²) < 4.78 is 76.2. The zero-order valence-electron chi connectivity index (χ0n) is 10.3. The van der Waals surface area contributed by atoms with Crippen molar-refractivity contribution >= 4 is 5.97 Å². The summed E-state index contributed by atoms with van der Waals surface area (Å²) in [5.74, 6) is -1.79. The molecule has 1 aliphatic rings. The lowest BCUT2D eigenvalue weighted by atomic mass is 10.1. The zero-order chi connectivity index (χ0) is 16.3. The van der Waals surface area contributed by atoms with Crippen molar-refractivity contribution in [1.82, 2.24) is 0 Å². The van der Waals surface area contributed by atoms with Crippen molar-refractivity contribution in [2.75, 3.05) is 0 Å². The Hall–Kier alpha value is -1.55. The number of carbonyl (C=O) groups excluding carboxylic acids is 1. The molecule has 1 fully saturated rings. The van der Waals surface area contributed by atoms with Crippen molar-refractivity contribution in [3.63, 3.8) is 0 Å². The summed E-state index contributed by atoms with van der Waals surface area (Å²) in [7, 11) is 0. The van der Waals surface area contributed by atoms with Gasteiger partial charge in [0.2, 0.25) is 0 Å². The van der Waals surface area contributed by atoms with Crippen molar-refractivity contribution in [2.24, 2.45) is 0 Å². The fourth-order valence-electron chi connectivity index (χ4n) is 1.36. The molecule has 0 aromatic rings. The number of halogens is 6. The topological polar surface area (TPSA) is 44.8 Å². The van der Waals surface area contributed by atoms with Gasteiger partial charge in [-0.3, -0.25) is 0 Å². The van der Waals surface area contributed by atoms with E-state index >= 15 is 0 Å². The Balaban J connectivity index is 2.61. The van der Waals surface area contributed by atoms with Gasteiger partial charge in [0.15, 0.2) is 0 Å². The van der Waals surface area contributed by atoms with Gasteiger partial charge < -0.3 is 4.74 Å². The van der Waals surface area contributed by atoms with Crippen LogP contribution in [0.4, 0.5) is 26.3 Å². The number of alkyl halides is 6. The van der Waals surface area contributed by atoms with E-state index in [0.717, 1.165) is 6.08 Å². The van der Waals surface area contributed by atoms with E-state index in [4.69, 9.17) is 0 Å². The summed E-state index contributed by atoms with van der Waals surface area (Å²) >= 11 is 0. The van der Waals surface area contributed by atoms with Gasteiger partial charge >= 0.3 is 18.3 Å². The molecule has 4 nitrogen and oxygen atoms in total. The summed E-state index contributed by atoms with van der Waals surface area (Å²) in [6.45, 7) is 3.40. The number of ether oxygens (including phenoxy) is 1. The highest BCUT2D eigenvalue weighted by Crippen LogP contribution is 2.35. The molecular formula is C11H10F6O4. The quantitative estimate of drug-likeness (QED) is 0.263. The van der Waals surface area contributed by atoms with Crippen LogP contribution >= 0.6 is 0 Å². The van der Waals surface area contributed by atoms with Crippen LogP contribution in [0.25, 0.3) is 0 Å². The lowest BCUT2D eigenvalue weighted by Crippen LogP contribution is -2.45. The SMILES string of the molecule is C=C[C@@H]1C[C@H](/C=C/C(=O)OC(C(F)(F)F)C(F)(F)F)OO1. The maximum Gasteiger partial charge on any atom is 0.434 e. The minimum Gasteiger partial charge on any atom is -0.440 e. The number of hydrogen-bond acceptors (Lipinski definition) is 4. The molecule has 0 bridgehead atoms. The molecule has 0 unspecified atom stereocenters. The Bertz CT molecular complexity index is 400. The van der Waals surface area contributed by atoms with Crippen molar-refractivity contribution in [1.29, 1.82) is 0 Å². The van der Waals surface area contributed by atoms with Crippen LogP contribution in [0.1, 0.15) is 6.42 Å². The number of rotatable bonds is 4. The molecule has 2 atom stereocenters. The van der Waals surface area contributed by atoms with Crippen LogP contribution in [0, 0.1) is 0 Å². The number of carbonyl (C=O) groups is 1. The molecule has 1 aliphatic heterocycles. The molecule has 0 aliphatic carbocycles. The van der Waals surface area contributed by atoms with Gasteiger partial charge in [0.05, 0.1) is 0 Å². The van der Waals surface area contributed by atoms with E-state index in [1.54, 1.807) is 0 Å². The van der Waals surface area contributed by atoms with Gasteiger partial charge in [-0.2, -0.15) is 26.3 Å². The van der Waals surface area contributed by atoms with Crippen LogP contribution in [-0.4, -0.2) is 36.6 Å². The highest BCUT2D eigenvalue weighted by Gasteiger charge is 2.59. The van der Waals surface area contributed by atoms with E-state index < -0.39 is 36.6 Å². The van der Waals surface area contributed by atoms with Crippen molar-refractivity contribution in [3.8, 4) is 0 Å². The van der Waals surface area contributed by atoms with Gasteiger partial charge in [0.25, 0.3) is 6.10 Å². The van der Waals surface area contributed by atoms with Gasteiger partial charge in [0.1, 0.15) is 12.2 Å². The molecule has 1 rings (SSSR count). The van der Waals surface area contributed by atoms with E-state index in [0.29, 0.717) is 6.08 Å². The number of hydrogen-bond donors (Lipinski definition) is 0. The largest absolute Gasteiger partial charge is 0.440 e. The molecule has 0 N–H and O–H groups in total. The van der Waals surface area contributed by atoms with Crippen LogP contribution in [0.5, 0.6) is 0 Å². The van der Waals surface area contributed by atoms with E-state index in [1.165, 1.54) is 6.08 Å². The summed E-state index contributed by atoms with van der Waals surface area (Å²) in [5, 5.41) is 0. The van der Waals surface area contributed by atoms with Crippen LogP contribution < -0.4 is 0 Å². The molecule has 0 spiro atoms. The molecule has 0 saturated carbocycles. The highest BCUT2D eigenvalue weighted by molar-refractivity contribution is 5.82. The summed E-state index contributed by atoms with van der Waals surface area (Å²) in [5.41, 5.74) is 0. The molecule has 120 valence electrons. The normalized spacial score (nSPS) is 23.8. The first-order valence-electron chi connectivity index (χ1n) is 5.51. The Morgan fingerprint density at radius 1 is 1.14 bits per heavy atom. The average molecular weight is 320 g/mol. The molecule has 0 amide bonds. The van der Waals surface area contributed by atoms with E-state index in [1.807, 2.05) is 0 Å². The van der Waals surface area contributed by atoms with Crippen LogP contribution in [0.15, 0.2) is 24.8 Å². The highest BCUT2D eigenvalue weighted by atomic mass is 19.4. The second-order valence-electron chi connectivity index (χ2n) is 4.00. The third kappa shape index (κ3) is 5.38. The van der Waals surface area contributed by atoms with E-state index in [2.05, 4.69) is 21.1 Å². The third-order valence-corrected chi connectivity index (χ3v) is 2.31. The first-order valence-corrected chi connectivity index (χ1v) is 5.51. The van der Waals surface area contributed by atoms with Crippen molar-refractivity contribution < 1.29 is 45.6 Å². The van der Waals surface area contributed by atoms with Gasteiger partial charge in [-0.25, -0.2) is 14.6 Å². The maximum absolute atomic E-state index is 12.1. The van der Waals surface area contributed by atoms with E-state index in [-0.39, 0.29) is 6.42 Å². The van der Waals surface area contributed by atoms with Gasteiger partial charge in [-0.15, -0.1) is 6.58 Å².